The summed E-state index contributed by atoms with van der Waals surface area (Å²) in [4.78, 5) is 0. The first-order chi connectivity index (χ1) is 9.81. The molecule has 0 radical (unpaired) electrons. The van der Waals surface area contributed by atoms with Gasteiger partial charge in [0.05, 0.1) is 0 Å². The fourth-order valence-electron chi connectivity index (χ4n) is 3.58. The van der Waals surface area contributed by atoms with E-state index in [1.54, 1.807) is 0 Å². The molecule has 0 spiro atoms. The molecule has 1 saturated carbocycles. The van der Waals surface area contributed by atoms with Crippen LogP contribution in [0.4, 0.5) is 0 Å². The number of hydrogen-bond donors (Lipinski definition) is 1. The van der Waals surface area contributed by atoms with E-state index in [0.29, 0.717) is 12.1 Å². The highest BCUT2D eigenvalue weighted by atomic mass is 15.0. The van der Waals surface area contributed by atoms with Crippen LogP contribution in [0.2, 0.25) is 0 Å². The number of benzene rings is 1. The van der Waals surface area contributed by atoms with Gasteiger partial charge in [-0.05, 0) is 37.7 Å². The van der Waals surface area contributed by atoms with Crippen molar-refractivity contribution in [3.8, 4) is 0 Å². The van der Waals surface area contributed by atoms with Crippen molar-refractivity contribution in [1.29, 1.82) is 0 Å². The Balaban J connectivity index is 1.90. The number of nitrogens with one attached hydrogen (secondary N) is 1. The van der Waals surface area contributed by atoms with Crippen LogP contribution < -0.4 is 5.32 Å². The molecule has 2 rings (SSSR count). The van der Waals surface area contributed by atoms with E-state index in [1.807, 2.05) is 0 Å². The second-order valence-corrected chi connectivity index (χ2v) is 6.47. The van der Waals surface area contributed by atoms with E-state index in [1.165, 1.54) is 56.9 Å². The van der Waals surface area contributed by atoms with Crippen LogP contribution in [0.1, 0.15) is 76.7 Å². The zero-order chi connectivity index (χ0) is 14.2. The minimum absolute atomic E-state index is 0.663. The molecule has 0 amide bonds. The maximum absolute atomic E-state index is 3.93. The van der Waals surface area contributed by atoms with E-state index in [0.717, 1.165) is 5.92 Å². The average molecular weight is 273 g/mol. The van der Waals surface area contributed by atoms with Gasteiger partial charge in [0.25, 0.3) is 0 Å². The first-order valence-electron chi connectivity index (χ1n) is 8.62. The molecule has 112 valence electrons. The molecule has 1 nitrogen and oxygen atoms in total. The van der Waals surface area contributed by atoms with Crippen molar-refractivity contribution in [2.75, 3.05) is 0 Å². The Morgan fingerprint density at radius 2 is 1.85 bits per heavy atom. The summed E-state index contributed by atoms with van der Waals surface area (Å²) < 4.78 is 0. The molecular weight excluding hydrogens is 242 g/mol. The first-order valence-corrected chi connectivity index (χ1v) is 8.62. The molecule has 0 aliphatic heterocycles. The Labute approximate surface area is 125 Å². The highest BCUT2D eigenvalue weighted by Crippen LogP contribution is 2.33. The van der Waals surface area contributed by atoms with Gasteiger partial charge in [-0.2, -0.15) is 0 Å². The third-order valence-corrected chi connectivity index (χ3v) is 4.73. The molecule has 1 aliphatic rings. The van der Waals surface area contributed by atoms with Gasteiger partial charge < -0.3 is 5.32 Å². The third-order valence-electron chi connectivity index (χ3n) is 4.73. The standard InChI is InChI=1S/C19H31N/c1-3-4-6-11-16(2)20-19-15-10-9-14-18(19)17-12-7-5-8-13-17/h5,7-8,12-13,16,18-20H,3-4,6,9-11,14-15H2,1-2H3. The number of rotatable bonds is 7. The summed E-state index contributed by atoms with van der Waals surface area (Å²) in [6.45, 7) is 4.65. The molecule has 1 heteroatoms. The van der Waals surface area contributed by atoms with Gasteiger partial charge in [-0.3, -0.25) is 0 Å². The average Bonchev–Trinajstić information content (AvgIpc) is 2.49. The second kappa shape index (κ2) is 8.46. The molecule has 1 aliphatic carbocycles. The van der Waals surface area contributed by atoms with Crippen LogP contribution in [0.25, 0.3) is 0 Å². The Morgan fingerprint density at radius 1 is 1.10 bits per heavy atom. The van der Waals surface area contributed by atoms with Gasteiger partial charge in [0.1, 0.15) is 0 Å². The molecular formula is C19H31N. The van der Waals surface area contributed by atoms with E-state index >= 15 is 0 Å². The van der Waals surface area contributed by atoms with Gasteiger partial charge in [-0.25, -0.2) is 0 Å². The SMILES string of the molecule is CCCCCC(C)NC1CCCCC1c1ccccc1. The Hall–Kier alpha value is -0.820. The van der Waals surface area contributed by atoms with Crippen LogP contribution in [-0.2, 0) is 0 Å². The van der Waals surface area contributed by atoms with Crippen LogP contribution in [0, 0.1) is 0 Å². The molecule has 0 bridgehead atoms. The molecule has 1 aromatic carbocycles. The summed E-state index contributed by atoms with van der Waals surface area (Å²) in [5, 5.41) is 3.93. The van der Waals surface area contributed by atoms with Crippen LogP contribution in [-0.4, -0.2) is 12.1 Å². The summed E-state index contributed by atoms with van der Waals surface area (Å²) in [6.07, 6.45) is 10.9. The predicted molar refractivity (Wildman–Crippen MR) is 88.2 cm³/mol. The molecule has 1 fully saturated rings. The Kier molecular flexibility index (Phi) is 6.59. The predicted octanol–water partition coefficient (Wildman–Crippen LogP) is 5.27. The summed E-state index contributed by atoms with van der Waals surface area (Å²) in [7, 11) is 0. The van der Waals surface area contributed by atoms with Crippen molar-refractivity contribution in [2.24, 2.45) is 0 Å². The van der Waals surface area contributed by atoms with E-state index in [9.17, 15) is 0 Å². The quantitative estimate of drug-likeness (QED) is 0.667. The topological polar surface area (TPSA) is 12.0 Å². The van der Waals surface area contributed by atoms with Crippen molar-refractivity contribution < 1.29 is 0 Å². The maximum Gasteiger partial charge on any atom is 0.0138 e. The molecule has 20 heavy (non-hydrogen) atoms. The fraction of sp³-hybridized carbons (Fsp3) is 0.684. The zero-order valence-electron chi connectivity index (χ0n) is 13.3. The van der Waals surface area contributed by atoms with Gasteiger partial charge in [0.15, 0.2) is 0 Å². The van der Waals surface area contributed by atoms with Crippen molar-refractivity contribution in [3.63, 3.8) is 0 Å². The lowest BCUT2D eigenvalue weighted by atomic mass is 9.79. The molecule has 1 N–H and O–H groups in total. The van der Waals surface area contributed by atoms with Crippen molar-refractivity contribution >= 4 is 0 Å². The van der Waals surface area contributed by atoms with Crippen LogP contribution in [0.3, 0.4) is 0 Å². The van der Waals surface area contributed by atoms with E-state index in [-0.39, 0.29) is 0 Å². The summed E-state index contributed by atoms with van der Waals surface area (Å²) in [6, 6.07) is 12.5. The molecule has 0 saturated heterocycles. The first kappa shape index (κ1) is 15.6. The van der Waals surface area contributed by atoms with Gasteiger partial charge in [0, 0.05) is 12.1 Å². The van der Waals surface area contributed by atoms with Crippen molar-refractivity contribution in [3.05, 3.63) is 35.9 Å². The van der Waals surface area contributed by atoms with Gasteiger partial charge >= 0.3 is 0 Å². The largest absolute Gasteiger partial charge is 0.311 e. The molecule has 0 aromatic heterocycles. The Morgan fingerprint density at radius 3 is 2.60 bits per heavy atom. The lowest BCUT2D eigenvalue weighted by Gasteiger charge is -2.35. The zero-order valence-corrected chi connectivity index (χ0v) is 13.3. The van der Waals surface area contributed by atoms with Gasteiger partial charge in [-0.15, -0.1) is 0 Å². The smallest absolute Gasteiger partial charge is 0.0138 e. The highest BCUT2D eigenvalue weighted by molar-refractivity contribution is 5.22. The molecule has 0 heterocycles. The lowest BCUT2D eigenvalue weighted by molar-refractivity contribution is 0.296. The van der Waals surface area contributed by atoms with E-state index in [4.69, 9.17) is 0 Å². The molecule has 3 atom stereocenters. The second-order valence-electron chi connectivity index (χ2n) is 6.47. The highest BCUT2D eigenvalue weighted by Gasteiger charge is 2.26. The van der Waals surface area contributed by atoms with E-state index < -0.39 is 0 Å². The van der Waals surface area contributed by atoms with Gasteiger partial charge in [-0.1, -0.05) is 69.4 Å². The van der Waals surface area contributed by atoms with Crippen LogP contribution >= 0.6 is 0 Å². The summed E-state index contributed by atoms with van der Waals surface area (Å²) in [5.41, 5.74) is 1.53. The number of hydrogen-bond acceptors (Lipinski definition) is 1. The third kappa shape index (κ3) is 4.63. The summed E-state index contributed by atoms with van der Waals surface area (Å²) in [5.74, 6) is 0.721. The van der Waals surface area contributed by atoms with E-state index in [2.05, 4.69) is 49.5 Å². The van der Waals surface area contributed by atoms with Crippen LogP contribution in [0.15, 0.2) is 30.3 Å². The van der Waals surface area contributed by atoms with Crippen molar-refractivity contribution in [1.82, 2.24) is 5.32 Å². The Bertz CT molecular complexity index is 359. The normalized spacial score (nSPS) is 24.5. The van der Waals surface area contributed by atoms with Crippen molar-refractivity contribution in [2.45, 2.75) is 83.2 Å². The maximum atomic E-state index is 3.93. The summed E-state index contributed by atoms with van der Waals surface area (Å²) >= 11 is 0. The minimum atomic E-state index is 0.663. The lowest BCUT2D eigenvalue weighted by Crippen LogP contribution is -2.42. The van der Waals surface area contributed by atoms with Gasteiger partial charge in [0.2, 0.25) is 0 Å². The number of unbranched alkanes of at least 4 members (excludes halogenated alkanes) is 2. The molecule has 3 unspecified atom stereocenters. The minimum Gasteiger partial charge on any atom is -0.311 e. The molecule has 1 aromatic rings. The van der Waals surface area contributed by atoms with Crippen LogP contribution in [0.5, 0.6) is 0 Å². The fourth-order valence-corrected chi connectivity index (χ4v) is 3.58. The monoisotopic (exact) mass is 273 g/mol.